The largest absolute Gasteiger partial charge is 0.265 e. The maximum atomic E-state index is 4.23. The molecule has 0 saturated carbocycles. The van der Waals surface area contributed by atoms with Crippen LogP contribution in [0.1, 0.15) is 47.2 Å². The molecule has 4 aromatic carbocycles. The molecule has 0 amide bonds. The third-order valence-electron chi connectivity index (χ3n) is 7.92. The van der Waals surface area contributed by atoms with Crippen LogP contribution in [0.2, 0.25) is 0 Å². The van der Waals surface area contributed by atoms with Crippen molar-refractivity contribution >= 4 is 11.8 Å². The van der Waals surface area contributed by atoms with Gasteiger partial charge in [-0.1, -0.05) is 98.4 Å². The van der Waals surface area contributed by atoms with Gasteiger partial charge in [-0.3, -0.25) is 4.98 Å². The molecule has 5 aromatic rings. The van der Waals surface area contributed by atoms with Crippen LogP contribution >= 0.6 is 11.8 Å². The van der Waals surface area contributed by atoms with Gasteiger partial charge in [0.1, 0.15) is 0 Å². The minimum atomic E-state index is -0.351. The monoisotopic (exact) mass is 467 g/mol. The molecule has 0 N–H and O–H groups in total. The van der Waals surface area contributed by atoms with E-state index in [1.807, 2.05) is 24.2 Å². The minimum absolute atomic E-state index is 0.130. The molecule has 0 fully saturated rings. The van der Waals surface area contributed by atoms with E-state index in [-0.39, 0.29) is 10.8 Å². The van der Waals surface area contributed by atoms with Crippen molar-refractivity contribution in [1.29, 1.82) is 0 Å². The summed E-state index contributed by atoms with van der Waals surface area (Å²) in [6, 6.07) is 38.4. The fourth-order valence-corrected chi connectivity index (χ4v) is 7.52. The number of benzene rings is 4. The van der Waals surface area contributed by atoms with Crippen LogP contribution in [0, 0.1) is 0 Å². The Kier molecular flexibility index (Phi) is 4.40. The van der Waals surface area contributed by atoms with Gasteiger partial charge < -0.3 is 0 Å². The molecular formula is C33H25NS. The average Bonchev–Trinajstić information content (AvgIpc) is 2.91. The first kappa shape index (κ1) is 20.7. The molecule has 0 bridgehead atoms. The Hall–Kier alpha value is -3.62. The van der Waals surface area contributed by atoms with Crippen molar-refractivity contribution in [2.45, 2.75) is 34.5 Å². The fraction of sp³-hybridized carbons (Fsp3) is 0.121. The molecule has 0 saturated heterocycles. The summed E-state index contributed by atoms with van der Waals surface area (Å²) in [7, 11) is 0. The Morgan fingerprint density at radius 3 is 1.71 bits per heavy atom. The molecule has 1 nitrogen and oxygen atoms in total. The summed E-state index contributed by atoms with van der Waals surface area (Å²) < 4.78 is 0. The predicted octanol–water partition coefficient (Wildman–Crippen LogP) is 8.24. The summed E-state index contributed by atoms with van der Waals surface area (Å²) >= 11 is 1.89. The van der Waals surface area contributed by atoms with E-state index in [2.05, 4.69) is 122 Å². The topological polar surface area (TPSA) is 12.9 Å². The first-order valence-corrected chi connectivity index (χ1v) is 13.0. The zero-order valence-corrected chi connectivity index (χ0v) is 20.6. The fourth-order valence-electron chi connectivity index (χ4n) is 6.33. The van der Waals surface area contributed by atoms with Gasteiger partial charge in [-0.05, 0) is 74.8 Å². The lowest BCUT2D eigenvalue weighted by atomic mass is 9.54. The van der Waals surface area contributed by atoms with Crippen molar-refractivity contribution in [1.82, 2.24) is 4.98 Å². The predicted molar refractivity (Wildman–Crippen MR) is 144 cm³/mol. The van der Waals surface area contributed by atoms with Crippen molar-refractivity contribution in [2.24, 2.45) is 0 Å². The van der Waals surface area contributed by atoms with Crippen LogP contribution in [0.3, 0.4) is 0 Å². The van der Waals surface area contributed by atoms with Crippen molar-refractivity contribution in [3.8, 4) is 11.1 Å². The summed E-state index contributed by atoms with van der Waals surface area (Å²) in [4.78, 5) is 6.91. The van der Waals surface area contributed by atoms with Gasteiger partial charge in [-0.2, -0.15) is 0 Å². The van der Waals surface area contributed by atoms with Crippen LogP contribution in [0.4, 0.5) is 0 Å². The number of aromatic nitrogens is 1. The summed E-state index contributed by atoms with van der Waals surface area (Å²) in [5.74, 6) is 0. The third-order valence-corrected chi connectivity index (χ3v) is 9.07. The highest BCUT2D eigenvalue weighted by atomic mass is 32.2. The van der Waals surface area contributed by atoms with Crippen LogP contribution in [0.15, 0.2) is 125 Å². The molecule has 0 radical (unpaired) electrons. The first-order valence-electron chi connectivity index (χ1n) is 12.1. The van der Waals surface area contributed by atoms with Crippen molar-refractivity contribution in [3.05, 3.63) is 149 Å². The molecule has 1 aliphatic carbocycles. The van der Waals surface area contributed by atoms with Crippen LogP contribution in [-0.2, 0) is 10.8 Å². The van der Waals surface area contributed by atoms with E-state index in [0.717, 1.165) is 0 Å². The molecule has 2 heterocycles. The van der Waals surface area contributed by atoms with E-state index in [9.17, 15) is 0 Å². The molecule has 35 heavy (non-hydrogen) atoms. The molecule has 2 heteroatoms. The zero-order valence-electron chi connectivity index (χ0n) is 19.8. The lowest BCUT2D eigenvalue weighted by molar-refractivity contribution is 0.549. The van der Waals surface area contributed by atoms with Gasteiger partial charge in [0.05, 0.1) is 5.41 Å². The molecule has 7 rings (SSSR count). The molecule has 1 aliphatic heterocycles. The molecule has 1 aromatic heterocycles. The van der Waals surface area contributed by atoms with E-state index in [1.165, 1.54) is 54.3 Å². The van der Waals surface area contributed by atoms with E-state index in [1.54, 1.807) is 0 Å². The van der Waals surface area contributed by atoms with E-state index in [4.69, 9.17) is 0 Å². The SMILES string of the molecule is CC1(C)c2ccccc2C2(c3ccccc3Sc3ccccc32)c2ccc(-c3ccncc3)cc21. The van der Waals surface area contributed by atoms with Gasteiger partial charge in [0, 0.05) is 27.6 Å². The molecule has 0 unspecified atom stereocenters. The van der Waals surface area contributed by atoms with Crippen LogP contribution in [-0.4, -0.2) is 4.98 Å². The van der Waals surface area contributed by atoms with Crippen molar-refractivity contribution in [2.75, 3.05) is 0 Å². The molecule has 1 spiro atoms. The van der Waals surface area contributed by atoms with Crippen molar-refractivity contribution in [3.63, 3.8) is 0 Å². The summed E-state index contributed by atoms with van der Waals surface area (Å²) in [5.41, 5.74) is 10.3. The van der Waals surface area contributed by atoms with Gasteiger partial charge in [-0.15, -0.1) is 0 Å². The summed E-state index contributed by atoms with van der Waals surface area (Å²) in [6.45, 7) is 4.76. The summed E-state index contributed by atoms with van der Waals surface area (Å²) in [6.07, 6.45) is 3.75. The molecular weight excluding hydrogens is 442 g/mol. The number of nitrogens with zero attached hydrogens (tertiary/aromatic N) is 1. The standard InChI is InChI=1S/C33H25NS/c1-32(2)24-9-3-4-10-25(24)33(26-16-15-23(21-29(26)32)22-17-19-34-20-18-22)27-11-5-7-13-30(27)35-31-14-8-6-12-28(31)33/h3-21H,1-2H3. The minimum Gasteiger partial charge on any atom is -0.265 e. The number of fused-ring (bicyclic) bond motifs is 8. The Morgan fingerprint density at radius 1 is 0.514 bits per heavy atom. The lowest BCUT2D eigenvalue weighted by Crippen LogP contribution is -2.43. The Labute approximate surface area is 210 Å². The van der Waals surface area contributed by atoms with Gasteiger partial charge in [-0.25, -0.2) is 0 Å². The highest BCUT2D eigenvalue weighted by Crippen LogP contribution is 2.61. The van der Waals surface area contributed by atoms with Gasteiger partial charge in [0.2, 0.25) is 0 Å². The second kappa shape index (κ2) is 7.44. The number of pyridine rings is 1. The number of rotatable bonds is 1. The highest BCUT2D eigenvalue weighted by Gasteiger charge is 2.51. The van der Waals surface area contributed by atoms with Crippen LogP contribution in [0.5, 0.6) is 0 Å². The molecule has 2 aliphatic rings. The number of hydrogen-bond acceptors (Lipinski definition) is 2. The molecule has 168 valence electrons. The smallest absolute Gasteiger partial charge is 0.0729 e. The second-order valence-corrected chi connectivity index (χ2v) is 11.1. The van der Waals surface area contributed by atoms with Crippen molar-refractivity contribution < 1.29 is 0 Å². The van der Waals surface area contributed by atoms with Gasteiger partial charge in [0.15, 0.2) is 0 Å². The summed E-state index contributed by atoms with van der Waals surface area (Å²) in [5, 5.41) is 0. The number of hydrogen-bond donors (Lipinski definition) is 0. The van der Waals surface area contributed by atoms with Crippen LogP contribution < -0.4 is 0 Å². The van der Waals surface area contributed by atoms with E-state index < -0.39 is 0 Å². The van der Waals surface area contributed by atoms with Gasteiger partial charge >= 0.3 is 0 Å². The first-order chi connectivity index (χ1) is 17.1. The maximum absolute atomic E-state index is 4.23. The molecule has 0 atom stereocenters. The normalized spacial score (nSPS) is 16.1. The Balaban J connectivity index is 1.65. The third kappa shape index (κ3) is 2.75. The highest BCUT2D eigenvalue weighted by molar-refractivity contribution is 7.99. The Morgan fingerprint density at radius 2 is 1.06 bits per heavy atom. The van der Waals surface area contributed by atoms with Gasteiger partial charge in [0.25, 0.3) is 0 Å². The van der Waals surface area contributed by atoms with E-state index in [0.29, 0.717) is 0 Å². The second-order valence-electron chi connectivity index (χ2n) is 10.0. The lowest BCUT2D eigenvalue weighted by Gasteiger charge is -2.50. The van der Waals surface area contributed by atoms with E-state index >= 15 is 0 Å². The Bertz CT molecular complexity index is 1550. The maximum Gasteiger partial charge on any atom is 0.0729 e. The zero-order chi connectivity index (χ0) is 23.6. The van der Waals surface area contributed by atoms with Crippen LogP contribution in [0.25, 0.3) is 11.1 Å². The average molecular weight is 468 g/mol. The quantitative estimate of drug-likeness (QED) is 0.241.